The molecule has 0 fully saturated rings. The van der Waals surface area contributed by atoms with Crippen LogP contribution in [0.2, 0.25) is 0 Å². The Bertz CT molecular complexity index is 1210. The van der Waals surface area contributed by atoms with Crippen LogP contribution in [0.5, 0.6) is 11.5 Å². The summed E-state index contributed by atoms with van der Waals surface area (Å²) >= 11 is 0. The second-order valence-electron chi connectivity index (χ2n) is 7.23. The number of nitrogens with zero attached hydrogens (tertiary/aromatic N) is 1. The molecule has 0 saturated heterocycles. The van der Waals surface area contributed by atoms with E-state index in [0.717, 1.165) is 15.4 Å². The molecular formula is C24H26N2O5S. The van der Waals surface area contributed by atoms with Gasteiger partial charge >= 0.3 is 0 Å². The zero-order valence-electron chi connectivity index (χ0n) is 18.5. The highest BCUT2D eigenvalue weighted by Gasteiger charge is 2.29. The Morgan fingerprint density at radius 2 is 1.62 bits per heavy atom. The van der Waals surface area contributed by atoms with Gasteiger partial charge in [0.15, 0.2) is 0 Å². The quantitative estimate of drug-likeness (QED) is 0.553. The average Bonchev–Trinajstić information content (AvgIpc) is 2.79. The van der Waals surface area contributed by atoms with Gasteiger partial charge in [0, 0.05) is 5.69 Å². The van der Waals surface area contributed by atoms with E-state index >= 15 is 0 Å². The van der Waals surface area contributed by atoms with Crippen LogP contribution in [-0.4, -0.2) is 35.1 Å². The highest BCUT2D eigenvalue weighted by molar-refractivity contribution is 7.92. The lowest BCUT2D eigenvalue weighted by molar-refractivity contribution is -0.114. The molecule has 8 heteroatoms. The Morgan fingerprint density at radius 1 is 0.938 bits per heavy atom. The molecule has 32 heavy (non-hydrogen) atoms. The molecule has 0 spiro atoms. The minimum absolute atomic E-state index is 0.0312. The summed E-state index contributed by atoms with van der Waals surface area (Å²) in [6.45, 7) is 3.37. The van der Waals surface area contributed by atoms with Crippen LogP contribution in [0.25, 0.3) is 0 Å². The molecule has 1 amide bonds. The second-order valence-corrected chi connectivity index (χ2v) is 9.09. The largest absolute Gasteiger partial charge is 0.497 e. The van der Waals surface area contributed by atoms with Crippen molar-refractivity contribution < 1.29 is 22.7 Å². The average molecular weight is 455 g/mol. The molecule has 3 aromatic carbocycles. The number of para-hydroxylation sites is 2. The van der Waals surface area contributed by atoms with Crippen LogP contribution in [0.3, 0.4) is 0 Å². The van der Waals surface area contributed by atoms with Crippen molar-refractivity contribution in [3.63, 3.8) is 0 Å². The number of amides is 1. The summed E-state index contributed by atoms with van der Waals surface area (Å²) in [7, 11) is -1.13. The molecule has 0 radical (unpaired) electrons. The Morgan fingerprint density at radius 3 is 2.28 bits per heavy atom. The minimum Gasteiger partial charge on any atom is -0.497 e. The number of nitrogens with one attached hydrogen (secondary N) is 1. The monoisotopic (exact) mass is 454 g/mol. The van der Waals surface area contributed by atoms with Gasteiger partial charge in [0.25, 0.3) is 10.0 Å². The van der Waals surface area contributed by atoms with Gasteiger partial charge in [-0.1, -0.05) is 24.3 Å². The van der Waals surface area contributed by atoms with Gasteiger partial charge in [-0.05, 0) is 67.4 Å². The van der Waals surface area contributed by atoms with Gasteiger partial charge in [-0.15, -0.1) is 0 Å². The summed E-state index contributed by atoms with van der Waals surface area (Å²) in [6, 6.07) is 18.4. The molecule has 0 bridgehead atoms. The Hall–Kier alpha value is -3.52. The van der Waals surface area contributed by atoms with Gasteiger partial charge in [-0.25, -0.2) is 8.42 Å². The van der Waals surface area contributed by atoms with E-state index in [-0.39, 0.29) is 10.6 Å². The molecule has 0 aliphatic rings. The maximum atomic E-state index is 13.6. The highest BCUT2D eigenvalue weighted by Crippen LogP contribution is 2.32. The van der Waals surface area contributed by atoms with Crippen LogP contribution in [0.4, 0.5) is 11.4 Å². The molecule has 1 N–H and O–H groups in total. The van der Waals surface area contributed by atoms with Crippen LogP contribution < -0.4 is 19.1 Å². The number of hydrogen-bond acceptors (Lipinski definition) is 5. The van der Waals surface area contributed by atoms with Crippen molar-refractivity contribution in [3.05, 3.63) is 77.9 Å². The van der Waals surface area contributed by atoms with Crippen molar-refractivity contribution in [1.29, 1.82) is 0 Å². The number of carbonyl (C=O) groups excluding carboxylic acids is 1. The zero-order valence-corrected chi connectivity index (χ0v) is 19.3. The van der Waals surface area contributed by atoms with Gasteiger partial charge in [0.1, 0.15) is 18.0 Å². The topological polar surface area (TPSA) is 84.9 Å². The van der Waals surface area contributed by atoms with E-state index in [1.807, 2.05) is 32.0 Å². The second kappa shape index (κ2) is 9.74. The number of rotatable bonds is 8. The number of carbonyl (C=O) groups is 1. The summed E-state index contributed by atoms with van der Waals surface area (Å²) in [5, 5.41) is 2.82. The van der Waals surface area contributed by atoms with Gasteiger partial charge in [-0.2, -0.15) is 0 Å². The third-order valence-electron chi connectivity index (χ3n) is 4.96. The summed E-state index contributed by atoms with van der Waals surface area (Å²) < 4.78 is 38.7. The predicted molar refractivity (Wildman–Crippen MR) is 125 cm³/mol. The lowest BCUT2D eigenvalue weighted by atomic mass is 10.1. The number of hydrogen-bond donors (Lipinski definition) is 1. The van der Waals surface area contributed by atoms with Crippen molar-refractivity contribution in [1.82, 2.24) is 0 Å². The Balaban J connectivity index is 2.00. The van der Waals surface area contributed by atoms with Gasteiger partial charge < -0.3 is 14.8 Å². The van der Waals surface area contributed by atoms with E-state index in [0.29, 0.717) is 17.2 Å². The van der Waals surface area contributed by atoms with Crippen molar-refractivity contribution in [2.24, 2.45) is 0 Å². The smallest absolute Gasteiger partial charge is 0.264 e. The van der Waals surface area contributed by atoms with Crippen LogP contribution in [0.1, 0.15) is 11.1 Å². The van der Waals surface area contributed by atoms with Crippen LogP contribution >= 0.6 is 0 Å². The molecule has 0 unspecified atom stereocenters. The Kier molecular flexibility index (Phi) is 7.05. The number of aryl methyl sites for hydroxylation is 2. The molecule has 3 aromatic rings. The summed E-state index contributed by atoms with van der Waals surface area (Å²) in [5.74, 6) is 0.395. The molecule has 0 heterocycles. The third-order valence-corrected chi connectivity index (χ3v) is 6.73. The number of anilines is 2. The molecule has 0 aliphatic carbocycles. The van der Waals surface area contributed by atoms with Gasteiger partial charge in [0.05, 0.1) is 24.8 Å². The number of methoxy groups -OCH3 is 2. The SMILES string of the molecule is COc1ccc(S(=O)(=O)N(CC(=O)Nc2cc(C)ccc2C)c2ccccc2OC)cc1. The van der Waals surface area contributed by atoms with Crippen molar-refractivity contribution in [2.45, 2.75) is 18.7 Å². The maximum absolute atomic E-state index is 13.6. The first kappa shape index (κ1) is 23.1. The normalized spacial score (nSPS) is 11.0. The van der Waals surface area contributed by atoms with E-state index in [9.17, 15) is 13.2 Å². The van der Waals surface area contributed by atoms with Crippen molar-refractivity contribution in [3.8, 4) is 11.5 Å². The minimum atomic E-state index is -4.08. The molecule has 7 nitrogen and oxygen atoms in total. The fourth-order valence-corrected chi connectivity index (χ4v) is 4.63. The van der Waals surface area contributed by atoms with E-state index in [4.69, 9.17) is 9.47 Å². The predicted octanol–water partition coefficient (Wildman–Crippen LogP) is 4.15. The van der Waals surface area contributed by atoms with Crippen LogP contribution in [-0.2, 0) is 14.8 Å². The zero-order chi connectivity index (χ0) is 23.3. The van der Waals surface area contributed by atoms with E-state index < -0.39 is 22.5 Å². The molecule has 0 aromatic heterocycles. The summed E-state index contributed by atoms with van der Waals surface area (Å²) in [5.41, 5.74) is 2.77. The van der Waals surface area contributed by atoms with E-state index in [2.05, 4.69) is 5.32 Å². The molecule has 168 valence electrons. The molecular weight excluding hydrogens is 428 g/mol. The number of benzene rings is 3. The number of sulfonamides is 1. The molecule has 0 atom stereocenters. The highest BCUT2D eigenvalue weighted by atomic mass is 32.2. The first-order valence-electron chi connectivity index (χ1n) is 9.93. The standard InChI is InChI=1S/C24H26N2O5S/c1-17-9-10-18(2)21(15-17)25-24(27)16-26(22-7-5-6-8-23(22)31-4)32(28,29)20-13-11-19(30-3)12-14-20/h5-15H,16H2,1-4H3,(H,25,27). The molecule has 3 rings (SSSR count). The first-order chi connectivity index (χ1) is 15.3. The maximum Gasteiger partial charge on any atom is 0.264 e. The van der Waals surface area contributed by atoms with Crippen LogP contribution in [0, 0.1) is 13.8 Å². The van der Waals surface area contributed by atoms with Crippen LogP contribution in [0.15, 0.2) is 71.6 Å². The first-order valence-corrected chi connectivity index (χ1v) is 11.4. The fraction of sp³-hybridized carbons (Fsp3) is 0.208. The van der Waals surface area contributed by atoms with Crippen molar-refractivity contribution >= 4 is 27.3 Å². The Labute approximate surface area is 188 Å². The fourth-order valence-electron chi connectivity index (χ4n) is 3.20. The lowest BCUT2D eigenvalue weighted by Crippen LogP contribution is -2.38. The molecule has 0 saturated carbocycles. The lowest BCUT2D eigenvalue weighted by Gasteiger charge is -2.26. The van der Waals surface area contributed by atoms with E-state index in [1.165, 1.54) is 26.4 Å². The molecule has 0 aliphatic heterocycles. The van der Waals surface area contributed by atoms with Crippen molar-refractivity contribution in [2.75, 3.05) is 30.4 Å². The third kappa shape index (κ3) is 5.03. The van der Waals surface area contributed by atoms with E-state index in [1.54, 1.807) is 36.4 Å². The number of ether oxygens (including phenoxy) is 2. The van der Waals surface area contributed by atoms with Gasteiger partial charge in [-0.3, -0.25) is 9.10 Å². The summed E-state index contributed by atoms with van der Waals surface area (Å²) in [6.07, 6.45) is 0. The van der Waals surface area contributed by atoms with Gasteiger partial charge in [0.2, 0.25) is 5.91 Å². The summed E-state index contributed by atoms with van der Waals surface area (Å²) in [4.78, 5) is 13.0.